The quantitative estimate of drug-likeness (QED) is 0.447. The summed E-state index contributed by atoms with van der Waals surface area (Å²) >= 11 is 0. The number of rotatable bonds is 4. The first-order valence-corrected chi connectivity index (χ1v) is 7.74. The zero-order chi connectivity index (χ0) is 15.5. The molecule has 2 aromatic rings. The zero-order valence-electron chi connectivity index (χ0n) is 13.6. The molecule has 0 fully saturated rings. The van der Waals surface area contributed by atoms with Gasteiger partial charge in [-0.25, -0.2) is 0 Å². The van der Waals surface area contributed by atoms with Gasteiger partial charge in [0, 0.05) is 17.8 Å². The summed E-state index contributed by atoms with van der Waals surface area (Å²) in [6.45, 7) is 4.49. The Morgan fingerprint density at radius 1 is 1.30 bits per heavy atom. The molecule has 1 aromatic carbocycles. The van der Waals surface area contributed by atoms with Crippen LogP contribution in [0.4, 0.5) is 5.69 Å². The summed E-state index contributed by atoms with van der Waals surface area (Å²) in [5.74, 6) is 1.31. The molecule has 0 atom stereocenters. The maximum atomic E-state index is 5.97. The van der Waals surface area contributed by atoms with Crippen molar-refractivity contribution >= 4 is 35.6 Å². The number of benzene rings is 1. The summed E-state index contributed by atoms with van der Waals surface area (Å²) < 4.78 is 5.15. The number of aryl methyl sites for hydroxylation is 4. The van der Waals surface area contributed by atoms with Gasteiger partial charge >= 0.3 is 0 Å². The fourth-order valence-electron chi connectivity index (χ4n) is 2.98. The van der Waals surface area contributed by atoms with Gasteiger partial charge in [-0.1, -0.05) is 11.2 Å². The average Bonchev–Trinajstić information content (AvgIpc) is 3.07. The zero-order valence-corrected chi connectivity index (χ0v) is 15.9. The maximum Gasteiger partial charge on any atom is 0.193 e. The fourth-order valence-corrected chi connectivity index (χ4v) is 2.98. The maximum absolute atomic E-state index is 5.97. The number of halogens is 1. The molecule has 0 spiro atoms. The minimum Gasteiger partial charge on any atom is -0.370 e. The highest BCUT2D eigenvalue weighted by Gasteiger charge is 2.11. The van der Waals surface area contributed by atoms with E-state index in [1.807, 2.05) is 13.8 Å². The van der Waals surface area contributed by atoms with Crippen molar-refractivity contribution in [3.63, 3.8) is 0 Å². The summed E-state index contributed by atoms with van der Waals surface area (Å²) in [5.41, 5.74) is 11.9. The molecule has 0 bridgehead atoms. The lowest BCUT2D eigenvalue weighted by Crippen LogP contribution is -2.23. The minimum absolute atomic E-state index is 0. The first-order valence-electron chi connectivity index (χ1n) is 7.74. The van der Waals surface area contributed by atoms with Crippen molar-refractivity contribution in [2.75, 3.05) is 11.9 Å². The molecule has 1 aliphatic carbocycles. The minimum atomic E-state index is 0. The van der Waals surface area contributed by atoms with Crippen LogP contribution in [0, 0.1) is 13.8 Å². The number of anilines is 1. The van der Waals surface area contributed by atoms with E-state index in [-0.39, 0.29) is 24.0 Å². The van der Waals surface area contributed by atoms with Crippen molar-refractivity contribution in [3.05, 3.63) is 46.3 Å². The van der Waals surface area contributed by atoms with Crippen LogP contribution in [0.15, 0.2) is 27.7 Å². The summed E-state index contributed by atoms with van der Waals surface area (Å²) in [4.78, 5) is 4.38. The average molecular weight is 426 g/mol. The van der Waals surface area contributed by atoms with Gasteiger partial charge in [0.05, 0.1) is 5.69 Å². The lowest BCUT2D eigenvalue weighted by atomic mass is 10.1. The van der Waals surface area contributed by atoms with Gasteiger partial charge < -0.3 is 15.6 Å². The molecule has 1 heterocycles. The summed E-state index contributed by atoms with van der Waals surface area (Å²) in [7, 11) is 0. The van der Waals surface area contributed by atoms with Crippen LogP contribution in [0.2, 0.25) is 0 Å². The van der Waals surface area contributed by atoms with E-state index >= 15 is 0 Å². The van der Waals surface area contributed by atoms with Gasteiger partial charge in [0.15, 0.2) is 5.96 Å². The van der Waals surface area contributed by atoms with Gasteiger partial charge in [0.2, 0.25) is 0 Å². The smallest absolute Gasteiger partial charge is 0.193 e. The van der Waals surface area contributed by atoms with Crippen molar-refractivity contribution in [1.82, 2.24) is 5.16 Å². The molecule has 5 nitrogen and oxygen atoms in total. The lowest BCUT2D eigenvalue weighted by molar-refractivity contribution is 0.392. The van der Waals surface area contributed by atoms with Crippen LogP contribution in [0.5, 0.6) is 0 Å². The number of nitrogens with two attached hydrogens (primary N) is 1. The van der Waals surface area contributed by atoms with Gasteiger partial charge in [0.1, 0.15) is 5.76 Å². The van der Waals surface area contributed by atoms with Crippen molar-refractivity contribution in [1.29, 1.82) is 0 Å². The van der Waals surface area contributed by atoms with E-state index in [1.54, 1.807) is 0 Å². The molecule has 0 radical (unpaired) electrons. The summed E-state index contributed by atoms with van der Waals surface area (Å²) in [5, 5.41) is 7.11. The van der Waals surface area contributed by atoms with Crippen LogP contribution in [0.1, 0.15) is 34.6 Å². The van der Waals surface area contributed by atoms with Crippen LogP contribution in [0.25, 0.3) is 0 Å². The Bertz CT molecular complexity index is 689. The van der Waals surface area contributed by atoms with Crippen molar-refractivity contribution in [3.8, 4) is 0 Å². The Kier molecular flexibility index (Phi) is 6.04. The van der Waals surface area contributed by atoms with E-state index in [1.165, 1.54) is 24.0 Å². The Balaban J connectivity index is 0.00000192. The number of aromatic nitrogens is 1. The van der Waals surface area contributed by atoms with Crippen LogP contribution < -0.4 is 11.1 Å². The highest BCUT2D eigenvalue weighted by Crippen LogP contribution is 2.24. The molecule has 124 valence electrons. The van der Waals surface area contributed by atoms with E-state index in [0.717, 1.165) is 35.5 Å². The van der Waals surface area contributed by atoms with E-state index in [2.05, 4.69) is 33.7 Å². The number of aliphatic imine (C=N–C) groups is 1. The lowest BCUT2D eigenvalue weighted by Gasteiger charge is -2.08. The second-order valence-electron chi connectivity index (χ2n) is 5.78. The largest absolute Gasteiger partial charge is 0.370 e. The first kappa shape index (κ1) is 17.8. The van der Waals surface area contributed by atoms with Crippen LogP contribution >= 0.6 is 24.0 Å². The summed E-state index contributed by atoms with van der Waals surface area (Å²) in [6, 6.07) is 6.43. The van der Waals surface area contributed by atoms with Crippen LogP contribution in [-0.2, 0) is 19.3 Å². The molecule has 23 heavy (non-hydrogen) atoms. The van der Waals surface area contributed by atoms with Gasteiger partial charge in [0.25, 0.3) is 0 Å². The van der Waals surface area contributed by atoms with Gasteiger partial charge in [-0.15, -0.1) is 24.0 Å². The number of nitrogens with zero attached hydrogens (tertiary/aromatic N) is 2. The second-order valence-corrected chi connectivity index (χ2v) is 5.78. The van der Waals surface area contributed by atoms with E-state index in [4.69, 9.17) is 10.3 Å². The van der Waals surface area contributed by atoms with Crippen molar-refractivity contribution in [2.45, 2.75) is 39.5 Å². The van der Waals surface area contributed by atoms with E-state index < -0.39 is 0 Å². The Morgan fingerprint density at radius 2 is 2.09 bits per heavy atom. The molecule has 0 amide bonds. The van der Waals surface area contributed by atoms with Gasteiger partial charge in [-0.2, -0.15) is 0 Å². The first-order chi connectivity index (χ1) is 10.6. The number of fused-ring (bicyclic) bond motifs is 1. The van der Waals surface area contributed by atoms with Gasteiger partial charge in [-0.3, -0.25) is 4.99 Å². The predicted octanol–water partition coefficient (Wildman–Crippen LogP) is 3.37. The molecule has 3 rings (SSSR count). The van der Waals surface area contributed by atoms with Crippen molar-refractivity contribution < 1.29 is 4.52 Å². The van der Waals surface area contributed by atoms with Crippen LogP contribution in [-0.4, -0.2) is 17.7 Å². The van der Waals surface area contributed by atoms with E-state index in [0.29, 0.717) is 12.5 Å². The van der Waals surface area contributed by atoms with Crippen molar-refractivity contribution in [2.24, 2.45) is 10.7 Å². The molecule has 3 N–H and O–H groups in total. The number of hydrogen-bond donors (Lipinski definition) is 2. The Hall–Kier alpha value is -1.57. The number of nitrogens with one attached hydrogen (secondary N) is 1. The molecule has 6 heteroatoms. The Morgan fingerprint density at radius 3 is 2.83 bits per heavy atom. The molecule has 1 aromatic heterocycles. The molecule has 0 aliphatic heterocycles. The SMILES string of the molecule is Cc1noc(C)c1CCN=C(N)Nc1ccc2c(c1)CCC2.I. The van der Waals surface area contributed by atoms with Crippen LogP contribution in [0.3, 0.4) is 0 Å². The third kappa shape index (κ3) is 4.25. The Labute approximate surface area is 153 Å². The highest BCUT2D eigenvalue weighted by atomic mass is 127. The topological polar surface area (TPSA) is 76.4 Å². The monoisotopic (exact) mass is 426 g/mol. The second kappa shape index (κ2) is 7.81. The molecular formula is C17H23IN4O. The third-order valence-electron chi connectivity index (χ3n) is 4.20. The molecule has 0 saturated carbocycles. The predicted molar refractivity (Wildman–Crippen MR) is 104 cm³/mol. The third-order valence-corrected chi connectivity index (χ3v) is 4.20. The standard InChI is InChI=1S/C17H22N4O.HI/c1-11-16(12(2)22-21-11)8-9-19-17(18)20-15-7-6-13-4-3-5-14(13)10-15;/h6-7,10H,3-5,8-9H2,1-2H3,(H3,18,19,20);1H. The summed E-state index contributed by atoms with van der Waals surface area (Å²) in [6.07, 6.45) is 4.39. The molecular weight excluding hydrogens is 403 g/mol. The molecule has 0 unspecified atom stereocenters. The molecule has 0 saturated heterocycles. The van der Waals surface area contributed by atoms with Gasteiger partial charge in [-0.05, 0) is 62.8 Å². The highest BCUT2D eigenvalue weighted by molar-refractivity contribution is 14.0. The number of guanidine groups is 1. The number of hydrogen-bond acceptors (Lipinski definition) is 3. The fraction of sp³-hybridized carbons (Fsp3) is 0.412. The normalized spacial score (nSPS) is 13.6. The van der Waals surface area contributed by atoms with E-state index in [9.17, 15) is 0 Å². The molecule has 1 aliphatic rings.